The SMILES string of the molecule is CNCC1CCCCN1S(=O)(=O)C(C)C. The molecule has 1 aliphatic heterocycles. The highest BCUT2D eigenvalue weighted by atomic mass is 32.2. The van der Waals surface area contributed by atoms with E-state index in [9.17, 15) is 8.42 Å². The van der Waals surface area contributed by atoms with Gasteiger partial charge in [-0.25, -0.2) is 8.42 Å². The molecule has 15 heavy (non-hydrogen) atoms. The van der Waals surface area contributed by atoms with Crippen molar-refractivity contribution in [3.63, 3.8) is 0 Å². The average molecular weight is 234 g/mol. The lowest BCUT2D eigenvalue weighted by atomic mass is 10.1. The molecule has 0 radical (unpaired) electrons. The van der Waals surface area contributed by atoms with Crippen LogP contribution in [-0.4, -0.2) is 44.2 Å². The van der Waals surface area contributed by atoms with Crippen LogP contribution in [-0.2, 0) is 10.0 Å². The first kappa shape index (κ1) is 12.9. The summed E-state index contributed by atoms with van der Waals surface area (Å²) in [6, 6.07) is 0.149. The fraction of sp³-hybridized carbons (Fsp3) is 1.00. The van der Waals surface area contributed by atoms with Crippen LogP contribution in [0.1, 0.15) is 33.1 Å². The molecule has 90 valence electrons. The lowest BCUT2D eigenvalue weighted by Gasteiger charge is -2.35. The van der Waals surface area contributed by atoms with Crippen molar-refractivity contribution in [1.29, 1.82) is 0 Å². The summed E-state index contributed by atoms with van der Waals surface area (Å²) in [5.74, 6) is 0. The summed E-state index contributed by atoms with van der Waals surface area (Å²) in [5.41, 5.74) is 0. The van der Waals surface area contributed by atoms with Crippen LogP contribution in [0, 0.1) is 0 Å². The van der Waals surface area contributed by atoms with Crippen molar-refractivity contribution in [2.75, 3.05) is 20.1 Å². The summed E-state index contributed by atoms with van der Waals surface area (Å²) in [6.45, 7) is 4.94. The van der Waals surface area contributed by atoms with Crippen molar-refractivity contribution in [3.8, 4) is 0 Å². The third kappa shape index (κ3) is 2.92. The zero-order chi connectivity index (χ0) is 11.5. The molecule has 4 nitrogen and oxygen atoms in total. The lowest BCUT2D eigenvalue weighted by molar-refractivity contribution is 0.247. The third-order valence-corrected chi connectivity index (χ3v) is 5.26. The molecule has 0 aromatic carbocycles. The highest BCUT2D eigenvalue weighted by molar-refractivity contribution is 7.89. The number of piperidine rings is 1. The molecular formula is C10H22N2O2S. The number of hydrogen-bond acceptors (Lipinski definition) is 3. The van der Waals surface area contributed by atoms with Gasteiger partial charge in [0.05, 0.1) is 5.25 Å². The van der Waals surface area contributed by atoms with Crippen LogP contribution in [0.5, 0.6) is 0 Å². The Labute approximate surface area is 93.1 Å². The Morgan fingerprint density at radius 1 is 1.40 bits per heavy atom. The van der Waals surface area contributed by atoms with E-state index in [1.165, 1.54) is 0 Å². The van der Waals surface area contributed by atoms with Gasteiger partial charge >= 0.3 is 0 Å². The van der Waals surface area contributed by atoms with Gasteiger partial charge in [-0.3, -0.25) is 0 Å². The number of rotatable bonds is 4. The maximum atomic E-state index is 12.1. The normalized spacial score (nSPS) is 24.7. The van der Waals surface area contributed by atoms with Crippen LogP contribution >= 0.6 is 0 Å². The van der Waals surface area contributed by atoms with Gasteiger partial charge in [-0.05, 0) is 33.7 Å². The van der Waals surface area contributed by atoms with Gasteiger partial charge in [0.15, 0.2) is 0 Å². The molecule has 0 aromatic rings. The van der Waals surface area contributed by atoms with Crippen molar-refractivity contribution in [2.45, 2.75) is 44.4 Å². The van der Waals surface area contributed by atoms with Crippen LogP contribution in [0.4, 0.5) is 0 Å². The fourth-order valence-electron chi connectivity index (χ4n) is 2.02. The first-order valence-electron chi connectivity index (χ1n) is 5.65. The molecule has 0 amide bonds. The smallest absolute Gasteiger partial charge is 0.216 e. The van der Waals surface area contributed by atoms with Gasteiger partial charge in [-0.15, -0.1) is 0 Å². The molecule has 0 aliphatic carbocycles. The zero-order valence-corrected chi connectivity index (χ0v) is 10.7. The highest BCUT2D eigenvalue weighted by Gasteiger charge is 2.33. The summed E-state index contributed by atoms with van der Waals surface area (Å²) < 4.78 is 25.8. The second-order valence-electron chi connectivity index (χ2n) is 4.41. The summed E-state index contributed by atoms with van der Waals surface area (Å²) in [7, 11) is -1.21. The van der Waals surface area contributed by atoms with Crippen LogP contribution in [0.3, 0.4) is 0 Å². The minimum absolute atomic E-state index is 0.149. The molecule has 0 aromatic heterocycles. The lowest BCUT2D eigenvalue weighted by Crippen LogP contribution is -2.50. The van der Waals surface area contributed by atoms with Gasteiger partial charge in [0, 0.05) is 19.1 Å². The van der Waals surface area contributed by atoms with Crippen molar-refractivity contribution >= 4 is 10.0 Å². The maximum Gasteiger partial charge on any atom is 0.216 e. The van der Waals surface area contributed by atoms with Crippen LogP contribution in [0.15, 0.2) is 0 Å². The number of likely N-dealkylation sites (N-methyl/N-ethyl adjacent to an activating group) is 1. The molecule has 0 spiro atoms. The molecule has 1 unspecified atom stereocenters. The van der Waals surface area contributed by atoms with E-state index in [1.807, 2.05) is 7.05 Å². The Hall–Kier alpha value is -0.130. The Bertz CT molecular complexity index is 286. The van der Waals surface area contributed by atoms with Crippen molar-refractivity contribution in [2.24, 2.45) is 0 Å². The standard InChI is InChI=1S/C10H22N2O2S/c1-9(2)15(13,14)12-7-5-4-6-10(12)8-11-3/h9-11H,4-8H2,1-3H3. The van der Waals surface area contributed by atoms with Gasteiger partial charge in [0.1, 0.15) is 0 Å². The predicted octanol–water partition coefficient (Wildman–Crippen LogP) is 0.798. The molecule has 1 rings (SSSR count). The Kier molecular flexibility index (Phi) is 4.55. The molecule has 1 atom stereocenters. The van der Waals surface area contributed by atoms with Gasteiger partial charge in [-0.1, -0.05) is 6.42 Å². The number of hydrogen-bond donors (Lipinski definition) is 1. The van der Waals surface area contributed by atoms with E-state index in [0.717, 1.165) is 25.8 Å². The van der Waals surface area contributed by atoms with E-state index in [-0.39, 0.29) is 11.3 Å². The van der Waals surface area contributed by atoms with E-state index < -0.39 is 10.0 Å². The second-order valence-corrected chi connectivity index (χ2v) is 6.85. The predicted molar refractivity (Wildman–Crippen MR) is 62.3 cm³/mol. The first-order chi connectivity index (χ1) is 7.00. The molecule has 5 heteroatoms. The fourth-order valence-corrected chi connectivity index (χ4v) is 3.54. The van der Waals surface area contributed by atoms with Gasteiger partial charge in [-0.2, -0.15) is 4.31 Å². The van der Waals surface area contributed by atoms with Crippen LogP contribution < -0.4 is 5.32 Å². The Morgan fingerprint density at radius 3 is 2.60 bits per heavy atom. The number of nitrogens with one attached hydrogen (secondary N) is 1. The van der Waals surface area contributed by atoms with E-state index in [0.29, 0.717) is 6.54 Å². The number of nitrogens with zero attached hydrogens (tertiary/aromatic N) is 1. The first-order valence-corrected chi connectivity index (χ1v) is 7.15. The maximum absolute atomic E-state index is 12.1. The summed E-state index contributed by atoms with van der Waals surface area (Å²) in [6.07, 6.45) is 3.11. The molecule has 0 saturated carbocycles. The Morgan fingerprint density at radius 2 is 2.07 bits per heavy atom. The quantitative estimate of drug-likeness (QED) is 0.783. The van der Waals surface area contributed by atoms with E-state index >= 15 is 0 Å². The molecule has 0 bridgehead atoms. The van der Waals surface area contributed by atoms with E-state index in [2.05, 4.69) is 5.32 Å². The largest absolute Gasteiger partial charge is 0.318 e. The molecule has 1 N–H and O–H groups in total. The zero-order valence-electron chi connectivity index (χ0n) is 9.86. The highest BCUT2D eigenvalue weighted by Crippen LogP contribution is 2.22. The summed E-state index contributed by atoms with van der Waals surface area (Å²) in [5, 5.41) is 2.76. The van der Waals surface area contributed by atoms with Gasteiger partial charge in [0.25, 0.3) is 0 Å². The average Bonchev–Trinajstić information content (AvgIpc) is 2.18. The minimum Gasteiger partial charge on any atom is -0.318 e. The molecule has 1 aliphatic rings. The molecule has 1 heterocycles. The summed E-state index contributed by atoms with van der Waals surface area (Å²) >= 11 is 0. The van der Waals surface area contributed by atoms with E-state index in [4.69, 9.17) is 0 Å². The molecular weight excluding hydrogens is 212 g/mol. The van der Waals surface area contributed by atoms with Crippen molar-refractivity contribution < 1.29 is 8.42 Å². The summed E-state index contributed by atoms with van der Waals surface area (Å²) in [4.78, 5) is 0. The second kappa shape index (κ2) is 5.27. The Balaban J connectivity index is 2.80. The van der Waals surface area contributed by atoms with Crippen LogP contribution in [0.25, 0.3) is 0 Å². The number of sulfonamides is 1. The van der Waals surface area contributed by atoms with Crippen LogP contribution in [0.2, 0.25) is 0 Å². The third-order valence-electron chi connectivity index (χ3n) is 2.94. The van der Waals surface area contributed by atoms with Gasteiger partial charge in [0.2, 0.25) is 10.0 Å². The van der Waals surface area contributed by atoms with Crippen molar-refractivity contribution in [3.05, 3.63) is 0 Å². The van der Waals surface area contributed by atoms with E-state index in [1.54, 1.807) is 18.2 Å². The van der Waals surface area contributed by atoms with Crippen molar-refractivity contribution in [1.82, 2.24) is 9.62 Å². The molecule has 1 fully saturated rings. The van der Waals surface area contributed by atoms with Gasteiger partial charge < -0.3 is 5.32 Å². The minimum atomic E-state index is -3.08. The molecule has 1 saturated heterocycles. The topological polar surface area (TPSA) is 49.4 Å². The monoisotopic (exact) mass is 234 g/mol.